The van der Waals surface area contributed by atoms with Crippen molar-refractivity contribution in [2.24, 2.45) is 0 Å². The van der Waals surface area contributed by atoms with Crippen LogP contribution in [0.25, 0.3) is 22.2 Å². The van der Waals surface area contributed by atoms with E-state index >= 15 is 0 Å². The topological polar surface area (TPSA) is 60.5 Å². The van der Waals surface area contributed by atoms with Gasteiger partial charge in [-0.15, -0.1) is 0 Å². The van der Waals surface area contributed by atoms with Crippen molar-refractivity contribution in [2.75, 3.05) is 20.8 Å². The first-order valence-corrected chi connectivity index (χ1v) is 11.9. The smallest absolute Gasteiger partial charge is 0.252 e. The Hall–Kier alpha value is -2.90. The summed E-state index contributed by atoms with van der Waals surface area (Å²) in [6, 6.07) is 21.3. The van der Waals surface area contributed by atoms with Crippen LogP contribution in [0.15, 0.2) is 75.7 Å². The van der Waals surface area contributed by atoms with Gasteiger partial charge in [0, 0.05) is 26.4 Å². The second-order valence-corrected chi connectivity index (χ2v) is 9.17. The van der Waals surface area contributed by atoms with Crippen LogP contribution in [0.1, 0.15) is 15.9 Å². The zero-order chi connectivity index (χ0) is 23.4. The molecule has 33 heavy (non-hydrogen) atoms. The summed E-state index contributed by atoms with van der Waals surface area (Å²) in [7, 11) is 3.22. The lowest BCUT2D eigenvalue weighted by molar-refractivity contribution is 0.0955. The third-order valence-corrected chi connectivity index (χ3v) is 6.36. The second kappa shape index (κ2) is 10.4. The van der Waals surface area contributed by atoms with Crippen molar-refractivity contribution in [1.82, 2.24) is 10.3 Å². The second-order valence-electron chi connectivity index (χ2n) is 7.40. The molecule has 4 aromatic rings. The molecule has 0 aliphatic heterocycles. The molecule has 0 saturated carbocycles. The minimum absolute atomic E-state index is 0.148. The Kier molecular flexibility index (Phi) is 7.30. The van der Waals surface area contributed by atoms with Crippen molar-refractivity contribution in [2.45, 2.75) is 6.42 Å². The number of hydrogen-bond donors (Lipinski definition) is 1. The van der Waals surface area contributed by atoms with E-state index in [-0.39, 0.29) is 5.91 Å². The first-order chi connectivity index (χ1) is 16.0. The summed E-state index contributed by atoms with van der Waals surface area (Å²) in [4.78, 5) is 18.1. The van der Waals surface area contributed by atoms with Crippen molar-refractivity contribution in [3.05, 3.63) is 86.8 Å². The quantitative estimate of drug-likeness (QED) is 0.279. The molecule has 0 saturated heterocycles. The van der Waals surface area contributed by atoms with Crippen LogP contribution in [-0.2, 0) is 6.42 Å². The zero-order valence-electron chi connectivity index (χ0n) is 18.2. The van der Waals surface area contributed by atoms with Gasteiger partial charge in [0.25, 0.3) is 5.91 Å². The van der Waals surface area contributed by atoms with Crippen molar-refractivity contribution in [3.63, 3.8) is 0 Å². The zero-order valence-corrected chi connectivity index (χ0v) is 21.4. The Morgan fingerprint density at radius 3 is 2.42 bits per heavy atom. The number of halogens is 2. The number of ether oxygens (including phenoxy) is 2. The minimum Gasteiger partial charge on any atom is -0.493 e. The van der Waals surface area contributed by atoms with Gasteiger partial charge in [-0.2, -0.15) is 0 Å². The fourth-order valence-corrected chi connectivity index (χ4v) is 4.96. The van der Waals surface area contributed by atoms with Crippen LogP contribution in [0, 0.1) is 0 Å². The van der Waals surface area contributed by atoms with E-state index in [0.29, 0.717) is 30.0 Å². The fourth-order valence-electron chi connectivity index (χ4n) is 3.65. The number of nitrogens with one attached hydrogen (secondary N) is 1. The van der Waals surface area contributed by atoms with E-state index in [0.717, 1.165) is 36.7 Å². The maximum Gasteiger partial charge on any atom is 0.252 e. The number of carbonyl (C=O) groups excluding carboxylic acids is 1. The molecule has 0 aliphatic carbocycles. The van der Waals surface area contributed by atoms with Crippen LogP contribution in [0.3, 0.4) is 0 Å². The molecule has 0 atom stereocenters. The Bertz CT molecular complexity index is 1310. The number of pyridine rings is 1. The Morgan fingerprint density at radius 1 is 0.939 bits per heavy atom. The van der Waals surface area contributed by atoms with Gasteiger partial charge in [0.15, 0.2) is 11.5 Å². The third kappa shape index (κ3) is 5.20. The minimum atomic E-state index is -0.148. The summed E-state index contributed by atoms with van der Waals surface area (Å²) in [6.07, 6.45) is 0.661. The molecule has 0 fully saturated rings. The maximum absolute atomic E-state index is 13.3. The molecule has 0 aliphatic rings. The van der Waals surface area contributed by atoms with E-state index in [9.17, 15) is 4.79 Å². The summed E-state index contributed by atoms with van der Waals surface area (Å²) in [5.74, 6) is 1.20. The number of methoxy groups -OCH3 is 2. The van der Waals surface area contributed by atoms with Crippen LogP contribution in [0.5, 0.6) is 11.5 Å². The molecule has 1 aromatic heterocycles. The molecule has 0 unspecified atom stereocenters. The van der Waals surface area contributed by atoms with Crippen molar-refractivity contribution < 1.29 is 14.3 Å². The molecule has 168 valence electrons. The number of carbonyl (C=O) groups is 1. The molecular formula is C26H22Br2N2O3. The standard InChI is InChI=1S/C26H22Br2N2O3/c1-32-23-9-8-16(12-24(23)33-2)10-11-29-26(31)20-15-22(17-6-4-3-5-7-17)30-25-19(20)13-18(27)14-21(25)28/h3-9,12-15H,10-11H2,1-2H3,(H,29,31). The molecule has 0 spiro atoms. The predicted octanol–water partition coefficient (Wildman–Crippen LogP) is 6.42. The van der Waals surface area contributed by atoms with Gasteiger partial charge >= 0.3 is 0 Å². The molecule has 1 amide bonds. The van der Waals surface area contributed by atoms with Crippen LogP contribution >= 0.6 is 31.9 Å². The van der Waals surface area contributed by atoms with Crippen LogP contribution in [0.4, 0.5) is 0 Å². The number of aromatic nitrogens is 1. The lowest BCUT2D eigenvalue weighted by Gasteiger charge is -2.13. The highest BCUT2D eigenvalue weighted by Crippen LogP contribution is 2.32. The lowest BCUT2D eigenvalue weighted by atomic mass is 10.0. The molecule has 3 aromatic carbocycles. The van der Waals surface area contributed by atoms with Gasteiger partial charge in [0.1, 0.15) is 0 Å². The van der Waals surface area contributed by atoms with Crippen molar-refractivity contribution in [3.8, 4) is 22.8 Å². The van der Waals surface area contributed by atoms with Crippen molar-refractivity contribution >= 4 is 48.7 Å². The third-order valence-electron chi connectivity index (χ3n) is 5.29. The van der Waals surface area contributed by atoms with Gasteiger partial charge in [0.05, 0.1) is 31.0 Å². The SMILES string of the molecule is COc1ccc(CCNC(=O)c2cc(-c3ccccc3)nc3c(Br)cc(Br)cc23)cc1OC. The number of nitrogens with zero attached hydrogens (tertiary/aromatic N) is 1. The van der Waals surface area contributed by atoms with Gasteiger partial charge in [-0.25, -0.2) is 4.98 Å². The number of rotatable bonds is 7. The van der Waals surface area contributed by atoms with Gasteiger partial charge in [-0.1, -0.05) is 52.3 Å². The van der Waals surface area contributed by atoms with E-state index in [1.165, 1.54) is 0 Å². The number of benzene rings is 3. The summed E-state index contributed by atoms with van der Waals surface area (Å²) in [6.45, 7) is 0.480. The molecule has 5 nitrogen and oxygen atoms in total. The van der Waals surface area contributed by atoms with Crippen LogP contribution < -0.4 is 14.8 Å². The highest BCUT2D eigenvalue weighted by Gasteiger charge is 2.16. The molecule has 0 radical (unpaired) electrons. The number of fused-ring (bicyclic) bond motifs is 1. The summed E-state index contributed by atoms with van der Waals surface area (Å²) < 4.78 is 12.4. The summed E-state index contributed by atoms with van der Waals surface area (Å²) in [5.41, 5.74) is 4.06. The molecular weight excluding hydrogens is 548 g/mol. The Morgan fingerprint density at radius 2 is 1.70 bits per heavy atom. The lowest BCUT2D eigenvalue weighted by Crippen LogP contribution is -2.26. The average molecular weight is 570 g/mol. The largest absolute Gasteiger partial charge is 0.493 e. The number of hydrogen-bond acceptors (Lipinski definition) is 4. The molecule has 7 heteroatoms. The first kappa shape index (κ1) is 23.3. The van der Waals surface area contributed by atoms with Crippen molar-refractivity contribution in [1.29, 1.82) is 0 Å². The highest BCUT2D eigenvalue weighted by molar-refractivity contribution is 9.11. The van der Waals surface area contributed by atoms with E-state index in [1.807, 2.05) is 66.7 Å². The van der Waals surface area contributed by atoms with E-state index in [1.54, 1.807) is 14.2 Å². The Labute approximate surface area is 209 Å². The molecule has 4 rings (SSSR count). The fraction of sp³-hybridized carbons (Fsp3) is 0.154. The van der Waals surface area contributed by atoms with E-state index in [2.05, 4.69) is 37.2 Å². The normalized spacial score (nSPS) is 10.8. The summed E-state index contributed by atoms with van der Waals surface area (Å²) >= 11 is 7.13. The van der Waals surface area contributed by atoms with Gasteiger partial charge < -0.3 is 14.8 Å². The first-order valence-electron chi connectivity index (χ1n) is 10.3. The van der Waals surface area contributed by atoms with E-state index < -0.39 is 0 Å². The molecule has 1 N–H and O–H groups in total. The van der Waals surface area contributed by atoms with Crippen LogP contribution in [0.2, 0.25) is 0 Å². The highest BCUT2D eigenvalue weighted by atomic mass is 79.9. The van der Waals surface area contributed by atoms with Gasteiger partial charge in [-0.05, 0) is 58.2 Å². The Balaban J connectivity index is 1.62. The van der Waals surface area contributed by atoms with E-state index in [4.69, 9.17) is 14.5 Å². The van der Waals surface area contributed by atoms with Gasteiger partial charge in [0.2, 0.25) is 0 Å². The average Bonchev–Trinajstić information content (AvgIpc) is 2.83. The molecule has 1 heterocycles. The molecule has 0 bridgehead atoms. The monoisotopic (exact) mass is 568 g/mol. The number of amides is 1. The van der Waals surface area contributed by atoms with Gasteiger partial charge in [-0.3, -0.25) is 4.79 Å². The predicted molar refractivity (Wildman–Crippen MR) is 138 cm³/mol. The van der Waals surface area contributed by atoms with Crippen LogP contribution in [-0.4, -0.2) is 31.7 Å². The summed E-state index contributed by atoms with van der Waals surface area (Å²) in [5, 5.41) is 3.83. The maximum atomic E-state index is 13.3.